The van der Waals surface area contributed by atoms with Crippen molar-refractivity contribution in [2.45, 2.75) is 33.7 Å². The minimum absolute atomic E-state index is 0.690. The van der Waals surface area contributed by atoms with Gasteiger partial charge in [-0.3, -0.25) is 0 Å². The van der Waals surface area contributed by atoms with Crippen LogP contribution in [0.2, 0.25) is 0 Å². The molecule has 1 aliphatic heterocycles. The maximum atomic E-state index is 4.45. The van der Waals surface area contributed by atoms with Crippen molar-refractivity contribution in [2.24, 2.45) is 11.8 Å². The van der Waals surface area contributed by atoms with Gasteiger partial charge in [0, 0.05) is 19.6 Å². The fourth-order valence-electron chi connectivity index (χ4n) is 3.06. The minimum atomic E-state index is 0.690. The highest BCUT2D eigenvalue weighted by Crippen LogP contribution is 2.28. The third-order valence-corrected chi connectivity index (χ3v) is 3.75. The lowest BCUT2D eigenvalue weighted by molar-refractivity contribution is 0.355. The molecule has 3 heterocycles. The summed E-state index contributed by atoms with van der Waals surface area (Å²) in [5.74, 6) is 2.31. The molecule has 0 saturated carbocycles. The predicted octanol–water partition coefficient (Wildman–Crippen LogP) is 1.72. The van der Waals surface area contributed by atoms with E-state index in [9.17, 15) is 0 Å². The topological polar surface area (TPSA) is 59.7 Å². The van der Waals surface area contributed by atoms with Crippen molar-refractivity contribution in [3.05, 3.63) is 6.33 Å². The van der Waals surface area contributed by atoms with E-state index in [2.05, 4.69) is 39.0 Å². The van der Waals surface area contributed by atoms with Gasteiger partial charge in [-0.15, -0.1) is 5.10 Å². The van der Waals surface area contributed by atoms with Crippen LogP contribution in [-0.4, -0.2) is 38.1 Å². The van der Waals surface area contributed by atoms with E-state index < -0.39 is 0 Å². The first-order chi connectivity index (χ1) is 9.19. The van der Waals surface area contributed by atoms with Gasteiger partial charge in [-0.25, -0.2) is 14.6 Å². The van der Waals surface area contributed by atoms with Crippen molar-refractivity contribution in [3.63, 3.8) is 0 Å². The van der Waals surface area contributed by atoms with Crippen LogP contribution in [0.5, 0.6) is 0 Å². The summed E-state index contributed by atoms with van der Waals surface area (Å²) in [5.41, 5.74) is 1.66. The van der Waals surface area contributed by atoms with Gasteiger partial charge in [0.25, 0.3) is 0 Å². The number of aryl methyl sites for hydroxylation is 1. The molecule has 19 heavy (non-hydrogen) atoms. The number of piperidine rings is 1. The van der Waals surface area contributed by atoms with E-state index >= 15 is 0 Å². The summed E-state index contributed by atoms with van der Waals surface area (Å²) >= 11 is 0. The zero-order valence-electron chi connectivity index (χ0n) is 11.7. The molecular weight excluding hydrogens is 240 g/mol. The Balaban J connectivity index is 2.02. The van der Waals surface area contributed by atoms with Crippen LogP contribution in [0.4, 0.5) is 5.82 Å². The highest BCUT2D eigenvalue weighted by molar-refractivity contribution is 5.82. The Bertz CT molecular complexity index is 568. The van der Waals surface area contributed by atoms with E-state index in [0.29, 0.717) is 11.8 Å². The molecule has 0 aromatic carbocycles. The van der Waals surface area contributed by atoms with Crippen molar-refractivity contribution in [2.75, 3.05) is 18.0 Å². The van der Waals surface area contributed by atoms with Gasteiger partial charge in [0.2, 0.25) is 0 Å². The number of aromatic nitrogens is 5. The Morgan fingerprint density at radius 2 is 1.95 bits per heavy atom. The van der Waals surface area contributed by atoms with Crippen molar-refractivity contribution < 1.29 is 0 Å². The van der Waals surface area contributed by atoms with E-state index in [1.54, 1.807) is 6.33 Å². The summed E-state index contributed by atoms with van der Waals surface area (Å²) < 4.78 is 1.82. The number of fused-ring (bicyclic) bond motifs is 1. The largest absolute Gasteiger partial charge is 0.354 e. The summed E-state index contributed by atoms with van der Waals surface area (Å²) in [7, 11) is 0. The summed E-state index contributed by atoms with van der Waals surface area (Å²) in [6.07, 6.45) is 2.91. The summed E-state index contributed by atoms with van der Waals surface area (Å²) in [5, 5.41) is 8.41. The van der Waals surface area contributed by atoms with Gasteiger partial charge >= 0.3 is 0 Å². The average Bonchev–Trinajstić information content (AvgIpc) is 2.80. The van der Waals surface area contributed by atoms with Crippen LogP contribution in [0.15, 0.2) is 6.33 Å². The van der Waals surface area contributed by atoms with Gasteiger partial charge < -0.3 is 4.90 Å². The highest BCUT2D eigenvalue weighted by Gasteiger charge is 2.25. The van der Waals surface area contributed by atoms with Crippen LogP contribution in [0, 0.1) is 11.8 Å². The molecule has 2 aromatic rings. The molecule has 0 unspecified atom stereocenters. The number of anilines is 1. The molecule has 2 atom stereocenters. The highest BCUT2D eigenvalue weighted by atomic mass is 15.4. The van der Waals surface area contributed by atoms with Gasteiger partial charge in [0.1, 0.15) is 6.33 Å². The molecule has 0 amide bonds. The van der Waals surface area contributed by atoms with Gasteiger partial charge in [-0.2, -0.15) is 0 Å². The van der Waals surface area contributed by atoms with Crippen molar-refractivity contribution in [3.8, 4) is 0 Å². The molecule has 6 nitrogen and oxygen atoms in total. The lowest BCUT2D eigenvalue weighted by Gasteiger charge is -2.35. The normalized spacial score (nSPS) is 24.1. The Hall–Kier alpha value is -1.72. The van der Waals surface area contributed by atoms with Gasteiger partial charge in [-0.05, 0) is 25.2 Å². The molecular formula is C13H20N6. The maximum Gasteiger partial charge on any atom is 0.183 e. The minimum Gasteiger partial charge on any atom is -0.354 e. The molecule has 102 valence electrons. The third kappa shape index (κ3) is 2.15. The summed E-state index contributed by atoms with van der Waals surface area (Å²) in [6.45, 7) is 9.49. The molecule has 3 rings (SSSR count). The number of hydrogen-bond acceptors (Lipinski definition) is 5. The standard InChI is InChI=1S/C13H20N6/c1-4-19-13-11(16-17-19)12(14-8-15-13)18-6-9(2)5-10(3)7-18/h8-10H,4-7H2,1-3H3/t9-,10+. The van der Waals surface area contributed by atoms with Crippen LogP contribution in [0.1, 0.15) is 27.2 Å². The Labute approximate surface area is 112 Å². The van der Waals surface area contributed by atoms with Crippen LogP contribution in [-0.2, 0) is 6.54 Å². The zero-order valence-corrected chi connectivity index (χ0v) is 11.7. The zero-order chi connectivity index (χ0) is 13.4. The second-order valence-electron chi connectivity index (χ2n) is 5.63. The summed E-state index contributed by atoms with van der Waals surface area (Å²) in [4.78, 5) is 11.1. The number of rotatable bonds is 2. The van der Waals surface area contributed by atoms with E-state index in [1.165, 1.54) is 6.42 Å². The smallest absolute Gasteiger partial charge is 0.183 e. The average molecular weight is 260 g/mol. The third-order valence-electron chi connectivity index (χ3n) is 3.75. The van der Waals surface area contributed by atoms with E-state index in [0.717, 1.165) is 36.6 Å². The van der Waals surface area contributed by atoms with Crippen LogP contribution >= 0.6 is 0 Å². The van der Waals surface area contributed by atoms with Crippen LogP contribution in [0.25, 0.3) is 11.2 Å². The first-order valence-corrected chi connectivity index (χ1v) is 6.98. The number of hydrogen-bond donors (Lipinski definition) is 0. The lowest BCUT2D eigenvalue weighted by Crippen LogP contribution is -2.39. The lowest BCUT2D eigenvalue weighted by atomic mass is 9.92. The van der Waals surface area contributed by atoms with E-state index in [1.807, 2.05) is 11.6 Å². The van der Waals surface area contributed by atoms with E-state index in [4.69, 9.17) is 0 Å². The van der Waals surface area contributed by atoms with Gasteiger partial charge in [0.05, 0.1) is 0 Å². The van der Waals surface area contributed by atoms with E-state index in [-0.39, 0.29) is 0 Å². The molecule has 0 N–H and O–H groups in total. The Morgan fingerprint density at radius 3 is 2.63 bits per heavy atom. The first-order valence-electron chi connectivity index (χ1n) is 6.98. The SMILES string of the molecule is CCn1nnc2c(N3C[C@H](C)C[C@H](C)C3)ncnc21. The molecule has 0 spiro atoms. The molecule has 1 fully saturated rings. The molecule has 1 aliphatic rings. The second kappa shape index (κ2) is 4.75. The number of nitrogens with zero attached hydrogens (tertiary/aromatic N) is 6. The summed E-state index contributed by atoms with van der Waals surface area (Å²) in [6, 6.07) is 0. The molecule has 1 saturated heterocycles. The molecule has 6 heteroatoms. The second-order valence-corrected chi connectivity index (χ2v) is 5.63. The van der Waals surface area contributed by atoms with Crippen molar-refractivity contribution in [1.82, 2.24) is 25.0 Å². The molecule has 0 radical (unpaired) electrons. The molecule has 0 aliphatic carbocycles. The quantitative estimate of drug-likeness (QED) is 0.823. The fourth-order valence-corrected chi connectivity index (χ4v) is 3.06. The fraction of sp³-hybridized carbons (Fsp3) is 0.692. The van der Waals surface area contributed by atoms with Crippen LogP contribution < -0.4 is 4.90 Å². The van der Waals surface area contributed by atoms with Gasteiger partial charge in [-0.1, -0.05) is 19.1 Å². The predicted molar refractivity (Wildman–Crippen MR) is 74.0 cm³/mol. The first kappa shape index (κ1) is 12.3. The monoisotopic (exact) mass is 260 g/mol. The molecule has 2 aromatic heterocycles. The Morgan fingerprint density at radius 1 is 1.21 bits per heavy atom. The maximum absolute atomic E-state index is 4.45. The van der Waals surface area contributed by atoms with Crippen molar-refractivity contribution >= 4 is 17.0 Å². The van der Waals surface area contributed by atoms with Crippen LogP contribution in [0.3, 0.4) is 0 Å². The van der Waals surface area contributed by atoms with Crippen molar-refractivity contribution in [1.29, 1.82) is 0 Å². The molecule has 0 bridgehead atoms. The van der Waals surface area contributed by atoms with Gasteiger partial charge in [0.15, 0.2) is 17.0 Å². The Kier molecular flexibility index (Phi) is 3.08.